The van der Waals surface area contributed by atoms with E-state index in [2.05, 4.69) is 29.0 Å². The van der Waals surface area contributed by atoms with Crippen LogP contribution in [0.1, 0.15) is 12.5 Å². The minimum atomic E-state index is -0.135. The molecule has 1 unspecified atom stereocenters. The first-order valence-electron chi connectivity index (χ1n) is 5.61. The molecule has 0 aromatic heterocycles. The first kappa shape index (κ1) is 13.8. The van der Waals surface area contributed by atoms with E-state index < -0.39 is 0 Å². The SMILES string of the molecule is COC(=O)C(C)CSCC=Cc1ccccc1. The molecule has 2 nitrogen and oxygen atoms in total. The number of carbonyl (C=O) groups excluding carboxylic acids is 1. The van der Waals surface area contributed by atoms with Crippen molar-refractivity contribution in [1.82, 2.24) is 0 Å². The standard InChI is InChI=1S/C14H18O2S/c1-12(14(15)16-2)11-17-10-6-9-13-7-4-3-5-8-13/h3-9,12H,10-11H2,1-2H3. The van der Waals surface area contributed by atoms with Gasteiger partial charge in [0.1, 0.15) is 0 Å². The Morgan fingerprint density at radius 2 is 2.12 bits per heavy atom. The summed E-state index contributed by atoms with van der Waals surface area (Å²) >= 11 is 1.74. The zero-order valence-corrected chi connectivity index (χ0v) is 11.1. The van der Waals surface area contributed by atoms with Crippen molar-refractivity contribution in [1.29, 1.82) is 0 Å². The van der Waals surface area contributed by atoms with E-state index >= 15 is 0 Å². The maximum atomic E-state index is 11.1. The topological polar surface area (TPSA) is 26.3 Å². The van der Waals surface area contributed by atoms with E-state index in [1.807, 2.05) is 25.1 Å². The third-order valence-electron chi connectivity index (χ3n) is 2.30. The predicted molar refractivity (Wildman–Crippen MR) is 74.0 cm³/mol. The fourth-order valence-electron chi connectivity index (χ4n) is 1.33. The molecule has 1 rings (SSSR count). The van der Waals surface area contributed by atoms with Gasteiger partial charge in [0.2, 0.25) is 0 Å². The molecule has 0 N–H and O–H groups in total. The van der Waals surface area contributed by atoms with Crippen molar-refractivity contribution in [2.75, 3.05) is 18.6 Å². The summed E-state index contributed by atoms with van der Waals surface area (Å²) in [6, 6.07) is 10.2. The number of hydrogen-bond donors (Lipinski definition) is 0. The Morgan fingerprint density at radius 1 is 1.41 bits per heavy atom. The zero-order valence-electron chi connectivity index (χ0n) is 10.3. The van der Waals surface area contributed by atoms with E-state index in [0.717, 1.165) is 11.5 Å². The molecule has 0 aliphatic carbocycles. The molecule has 1 aromatic rings. The number of hydrogen-bond acceptors (Lipinski definition) is 3. The maximum absolute atomic E-state index is 11.1. The molecule has 0 amide bonds. The quantitative estimate of drug-likeness (QED) is 0.572. The molecule has 0 radical (unpaired) electrons. The smallest absolute Gasteiger partial charge is 0.309 e. The van der Waals surface area contributed by atoms with Crippen LogP contribution in [0.4, 0.5) is 0 Å². The van der Waals surface area contributed by atoms with Crippen LogP contribution in [0.25, 0.3) is 6.08 Å². The van der Waals surface area contributed by atoms with Gasteiger partial charge in [0.25, 0.3) is 0 Å². The van der Waals surface area contributed by atoms with Crippen LogP contribution in [-0.4, -0.2) is 24.6 Å². The number of esters is 1. The van der Waals surface area contributed by atoms with E-state index in [4.69, 9.17) is 0 Å². The van der Waals surface area contributed by atoms with Gasteiger partial charge in [0.05, 0.1) is 13.0 Å². The first-order valence-corrected chi connectivity index (χ1v) is 6.76. The zero-order chi connectivity index (χ0) is 12.5. The van der Waals surface area contributed by atoms with Crippen molar-refractivity contribution in [3.05, 3.63) is 42.0 Å². The molecule has 17 heavy (non-hydrogen) atoms. The molecule has 0 saturated heterocycles. The van der Waals surface area contributed by atoms with Crippen LogP contribution >= 0.6 is 11.8 Å². The highest BCUT2D eigenvalue weighted by Gasteiger charge is 2.11. The van der Waals surface area contributed by atoms with Crippen LogP contribution < -0.4 is 0 Å². The van der Waals surface area contributed by atoms with Gasteiger partial charge in [-0.1, -0.05) is 49.4 Å². The van der Waals surface area contributed by atoms with Crippen LogP contribution in [0.15, 0.2) is 36.4 Å². The Kier molecular flexibility index (Phi) is 6.48. The van der Waals surface area contributed by atoms with E-state index in [1.165, 1.54) is 12.7 Å². The van der Waals surface area contributed by atoms with Gasteiger partial charge < -0.3 is 4.74 Å². The fraction of sp³-hybridized carbons (Fsp3) is 0.357. The second-order valence-corrected chi connectivity index (χ2v) is 4.85. The van der Waals surface area contributed by atoms with Crippen molar-refractivity contribution in [2.45, 2.75) is 6.92 Å². The monoisotopic (exact) mass is 250 g/mol. The van der Waals surface area contributed by atoms with Gasteiger partial charge in [-0.15, -0.1) is 0 Å². The van der Waals surface area contributed by atoms with Gasteiger partial charge in [0.15, 0.2) is 0 Å². The number of rotatable bonds is 6. The van der Waals surface area contributed by atoms with Crippen LogP contribution in [-0.2, 0) is 9.53 Å². The lowest BCUT2D eigenvalue weighted by molar-refractivity contribution is -0.143. The first-order chi connectivity index (χ1) is 8.24. The fourth-order valence-corrected chi connectivity index (χ4v) is 2.19. The van der Waals surface area contributed by atoms with Gasteiger partial charge in [-0.05, 0) is 5.56 Å². The minimum absolute atomic E-state index is 0.0323. The molecule has 0 spiro atoms. The summed E-state index contributed by atoms with van der Waals surface area (Å²) in [4.78, 5) is 11.1. The minimum Gasteiger partial charge on any atom is -0.469 e. The maximum Gasteiger partial charge on any atom is 0.309 e. The van der Waals surface area contributed by atoms with Crippen LogP contribution in [0.3, 0.4) is 0 Å². The Balaban J connectivity index is 2.20. The largest absolute Gasteiger partial charge is 0.469 e. The van der Waals surface area contributed by atoms with Gasteiger partial charge in [0, 0.05) is 11.5 Å². The second kappa shape index (κ2) is 7.96. The highest BCUT2D eigenvalue weighted by molar-refractivity contribution is 7.99. The van der Waals surface area contributed by atoms with Crippen molar-refractivity contribution in [3.63, 3.8) is 0 Å². The van der Waals surface area contributed by atoms with Crippen molar-refractivity contribution < 1.29 is 9.53 Å². The van der Waals surface area contributed by atoms with Gasteiger partial charge in [-0.25, -0.2) is 0 Å². The van der Waals surface area contributed by atoms with E-state index in [9.17, 15) is 4.79 Å². The van der Waals surface area contributed by atoms with Crippen LogP contribution in [0.5, 0.6) is 0 Å². The summed E-state index contributed by atoms with van der Waals surface area (Å²) in [5.74, 6) is 1.54. The Hall–Kier alpha value is -1.22. The molecule has 1 aromatic carbocycles. The summed E-state index contributed by atoms with van der Waals surface area (Å²) in [6.45, 7) is 1.89. The number of carbonyl (C=O) groups is 1. The third-order valence-corrected chi connectivity index (χ3v) is 3.46. The molecule has 1 atom stereocenters. The Bertz CT molecular complexity index is 360. The van der Waals surface area contributed by atoms with Gasteiger partial charge in [-0.2, -0.15) is 11.8 Å². The van der Waals surface area contributed by atoms with Gasteiger partial charge in [-0.3, -0.25) is 4.79 Å². The molecule has 0 bridgehead atoms. The predicted octanol–water partition coefficient (Wildman–Crippen LogP) is 3.24. The molecule has 3 heteroatoms. The number of benzene rings is 1. The molecular formula is C14H18O2S. The normalized spacial score (nSPS) is 12.6. The van der Waals surface area contributed by atoms with E-state index in [1.54, 1.807) is 11.8 Å². The summed E-state index contributed by atoms with van der Waals surface area (Å²) in [5.41, 5.74) is 1.20. The van der Waals surface area contributed by atoms with Crippen molar-refractivity contribution >= 4 is 23.8 Å². The lowest BCUT2D eigenvalue weighted by Gasteiger charge is -2.06. The Labute approximate surface area is 107 Å². The molecule has 92 valence electrons. The average Bonchev–Trinajstić information content (AvgIpc) is 2.38. The van der Waals surface area contributed by atoms with Crippen molar-refractivity contribution in [2.24, 2.45) is 5.92 Å². The highest BCUT2D eigenvalue weighted by atomic mass is 32.2. The van der Waals surface area contributed by atoms with Gasteiger partial charge >= 0.3 is 5.97 Å². The van der Waals surface area contributed by atoms with E-state index in [0.29, 0.717) is 0 Å². The molecule has 0 saturated carbocycles. The van der Waals surface area contributed by atoms with Crippen molar-refractivity contribution in [3.8, 4) is 0 Å². The molecular weight excluding hydrogens is 232 g/mol. The van der Waals surface area contributed by atoms with E-state index in [-0.39, 0.29) is 11.9 Å². The summed E-state index contributed by atoms with van der Waals surface area (Å²) < 4.78 is 4.67. The number of thioether (sulfide) groups is 1. The summed E-state index contributed by atoms with van der Waals surface area (Å²) in [5, 5.41) is 0. The average molecular weight is 250 g/mol. The van der Waals surface area contributed by atoms with Crippen LogP contribution in [0, 0.1) is 5.92 Å². The molecule has 0 aliphatic rings. The Morgan fingerprint density at radius 3 is 2.76 bits per heavy atom. The molecule has 0 heterocycles. The number of methoxy groups -OCH3 is 1. The second-order valence-electron chi connectivity index (χ2n) is 3.77. The summed E-state index contributed by atoms with van der Waals surface area (Å²) in [6.07, 6.45) is 4.21. The lowest BCUT2D eigenvalue weighted by atomic mass is 10.2. The lowest BCUT2D eigenvalue weighted by Crippen LogP contribution is -2.14. The third kappa shape index (κ3) is 5.59. The number of ether oxygens (including phenoxy) is 1. The molecule has 0 aliphatic heterocycles. The van der Waals surface area contributed by atoms with Crippen LogP contribution in [0.2, 0.25) is 0 Å². The summed E-state index contributed by atoms with van der Waals surface area (Å²) in [7, 11) is 1.43. The molecule has 0 fully saturated rings. The highest BCUT2D eigenvalue weighted by Crippen LogP contribution is 2.10.